The predicted octanol–water partition coefficient (Wildman–Crippen LogP) is 3.75. The quantitative estimate of drug-likeness (QED) is 0.806. The molecule has 1 saturated heterocycles. The Morgan fingerprint density at radius 3 is 2.31 bits per heavy atom. The number of anilines is 2. The Kier molecular flexibility index (Phi) is 4.65. The van der Waals surface area contributed by atoms with E-state index in [9.17, 15) is 4.79 Å². The maximum absolute atomic E-state index is 11.4. The van der Waals surface area contributed by atoms with E-state index in [2.05, 4.69) is 48.3 Å². The Bertz CT molecular complexity index is 741. The van der Waals surface area contributed by atoms with E-state index >= 15 is 0 Å². The minimum absolute atomic E-state index is 0.263. The van der Waals surface area contributed by atoms with Gasteiger partial charge < -0.3 is 25.4 Å². The Hall–Kier alpha value is -1.95. The summed E-state index contributed by atoms with van der Waals surface area (Å²) in [4.78, 5) is 13.8. The molecule has 1 amide bonds. The van der Waals surface area contributed by atoms with Crippen molar-refractivity contribution in [2.24, 2.45) is 23.5 Å². The van der Waals surface area contributed by atoms with Gasteiger partial charge in [0.05, 0.1) is 12.2 Å². The first kappa shape index (κ1) is 19.0. The van der Waals surface area contributed by atoms with Crippen LogP contribution >= 0.6 is 0 Å². The molecule has 6 nitrogen and oxygen atoms in total. The molecule has 0 spiro atoms. The molecule has 0 radical (unpaired) electrons. The van der Waals surface area contributed by atoms with Crippen molar-refractivity contribution in [2.75, 3.05) is 23.3 Å². The monoisotopic (exact) mass is 399 g/mol. The number of amides is 1. The SMILES string of the molecule is CC1CN(c2ccc(NC3C4CC5CC3CC(OC(N)=O)(C5)C4)cc2)CC(C)O1. The van der Waals surface area contributed by atoms with Gasteiger partial charge in [-0.25, -0.2) is 4.79 Å². The number of nitrogens with two attached hydrogens (primary N) is 1. The molecule has 5 fully saturated rings. The molecule has 29 heavy (non-hydrogen) atoms. The topological polar surface area (TPSA) is 76.8 Å². The van der Waals surface area contributed by atoms with Crippen LogP contribution in [0.2, 0.25) is 0 Å². The largest absolute Gasteiger partial charge is 0.443 e. The van der Waals surface area contributed by atoms with Crippen molar-refractivity contribution in [3.8, 4) is 0 Å². The number of morpholine rings is 1. The fourth-order valence-electron chi connectivity index (χ4n) is 6.87. The number of benzene rings is 1. The van der Waals surface area contributed by atoms with E-state index in [0.717, 1.165) is 32.4 Å². The van der Waals surface area contributed by atoms with Crippen LogP contribution < -0.4 is 16.0 Å². The Morgan fingerprint density at radius 1 is 1.10 bits per heavy atom. The van der Waals surface area contributed by atoms with Crippen molar-refractivity contribution >= 4 is 17.5 Å². The molecule has 3 N–H and O–H groups in total. The molecule has 4 atom stereocenters. The molecule has 4 unspecified atom stereocenters. The average molecular weight is 400 g/mol. The van der Waals surface area contributed by atoms with E-state index < -0.39 is 6.09 Å². The first-order valence-corrected chi connectivity index (χ1v) is 11.1. The molecular weight excluding hydrogens is 366 g/mol. The molecule has 6 heteroatoms. The second-order valence-corrected chi connectivity index (χ2v) is 9.95. The van der Waals surface area contributed by atoms with E-state index in [4.69, 9.17) is 15.2 Å². The molecule has 4 aliphatic carbocycles. The zero-order valence-electron chi connectivity index (χ0n) is 17.5. The maximum Gasteiger partial charge on any atom is 0.405 e. The fraction of sp³-hybridized carbons (Fsp3) is 0.696. The Labute approximate surface area is 173 Å². The lowest BCUT2D eigenvalue weighted by atomic mass is 9.52. The summed E-state index contributed by atoms with van der Waals surface area (Å²) in [7, 11) is 0. The van der Waals surface area contributed by atoms with Gasteiger partial charge in [-0.1, -0.05) is 0 Å². The summed E-state index contributed by atoms with van der Waals surface area (Å²) >= 11 is 0. The Balaban J connectivity index is 1.26. The van der Waals surface area contributed by atoms with Gasteiger partial charge in [-0.05, 0) is 88.0 Å². The average Bonchev–Trinajstić information content (AvgIpc) is 2.63. The predicted molar refractivity (Wildman–Crippen MR) is 113 cm³/mol. The molecule has 6 rings (SSSR count). The molecule has 1 heterocycles. The van der Waals surface area contributed by atoms with Gasteiger partial charge in [-0.15, -0.1) is 0 Å². The lowest BCUT2D eigenvalue weighted by Crippen LogP contribution is -2.60. The molecule has 4 saturated carbocycles. The smallest absolute Gasteiger partial charge is 0.405 e. The van der Waals surface area contributed by atoms with Crippen LogP contribution in [0.3, 0.4) is 0 Å². The summed E-state index contributed by atoms with van der Waals surface area (Å²) in [5.74, 6) is 1.79. The summed E-state index contributed by atoms with van der Waals surface area (Å²) in [6.45, 7) is 6.15. The van der Waals surface area contributed by atoms with Crippen molar-refractivity contribution in [1.29, 1.82) is 0 Å². The fourth-order valence-corrected chi connectivity index (χ4v) is 6.87. The molecular formula is C23H33N3O3. The number of hydrogen-bond donors (Lipinski definition) is 2. The van der Waals surface area contributed by atoms with Crippen molar-refractivity contribution in [1.82, 2.24) is 0 Å². The summed E-state index contributed by atoms with van der Waals surface area (Å²) in [5.41, 5.74) is 7.52. The highest BCUT2D eigenvalue weighted by molar-refractivity contribution is 5.65. The first-order chi connectivity index (χ1) is 13.9. The standard InChI is InChI=1S/C23H33N3O3/c1-14-12-26(13-15(2)28-14)20-5-3-19(4-6-20)25-21-17-7-16-8-18(21)11-23(9-16,10-17)29-22(24)27/h3-6,14-18,21,25H,7-13H2,1-2H3,(H2,24,27). The van der Waals surface area contributed by atoms with Gasteiger partial charge in [0, 0.05) is 30.5 Å². The van der Waals surface area contributed by atoms with Gasteiger partial charge in [0.15, 0.2) is 0 Å². The van der Waals surface area contributed by atoms with E-state index in [1.54, 1.807) is 0 Å². The van der Waals surface area contributed by atoms with E-state index in [-0.39, 0.29) is 17.8 Å². The van der Waals surface area contributed by atoms with Gasteiger partial charge in [-0.2, -0.15) is 0 Å². The molecule has 5 aliphatic rings. The van der Waals surface area contributed by atoms with Crippen LogP contribution in [0, 0.1) is 17.8 Å². The van der Waals surface area contributed by atoms with Gasteiger partial charge in [0.25, 0.3) is 0 Å². The van der Waals surface area contributed by atoms with Crippen molar-refractivity contribution in [3.05, 3.63) is 24.3 Å². The number of nitrogens with zero attached hydrogens (tertiary/aromatic N) is 1. The van der Waals surface area contributed by atoms with E-state index in [1.807, 2.05) is 0 Å². The molecule has 0 aromatic heterocycles. The van der Waals surface area contributed by atoms with Crippen LogP contribution in [0.5, 0.6) is 0 Å². The lowest BCUT2D eigenvalue weighted by molar-refractivity contribution is -0.130. The normalized spacial score (nSPS) is 40.7. The first-order valence-electron chi connectivity index (χ1n) is 11.1. The molecule has 158 valence electrons. The second kappa shape index (κ2) is 7.08. The lowest BCUT2D eigenvalue weighted by Gasteiger charge is -2.59. The van der Waals surface area contributed by atoms with Gasteiger partial charge >= 0.3 is 6.09 Å². The number of primary amides is 1. The van der Waals surface area contributed by atoms with Crippen molar-refractivity contribution in [2.45, 2.75) is 69.8 Å². The van der Waals surface area contributed by atoms with Gasteiger partial charge in [0.2, 0.25) is 0 Å². The van der Waals surface area contributed by atoms with Gasteiger partial charge in [0.1, 0.15) is 5.60 Å². The van der Waals surface area contributed by atoms with Crippen LogP contribution in [0.25, 0.3) is 0 Å². The number of carbonyl (C=O) groups is 1. The van der Waals surface area contributed by atoms with Crippen LogP contribution in [0.15, 0.2) is 24.3 Å². The molecule has 1 aliphatic heterocycles. The summed E-state index contributed by atoms with van der Waals surface area (Å²) in [6, 6.07) is 9.33. The summed E-state index contributed by atoms with van der Waals surface area (Å²) < 4.78 is 11.5. The molecule has 1 aromatic carbocycles. The summed E-state index contributed by atoms with van der Waals surface area (Å²) in [5, 5.41) is 3.83. The van der Waals surface area contributed by atoms with Crippen molar-refractivity contribution in [3.63, 3.8) is 0 Å². The number of nitrogens with one attached hydrogen (secondary N) is 1. The highest BCUT2D eigenvalue weighted by Gasteiger charge is 2.57. The zero-order valence-corrected chi connectivity index (χ0v) is 17.5. The third kappa shape index (κ3) is 3.67. The third-order valence-electron chi connectivity index (χ3n) is 7.52. The van der Waals surface area contributed by atoms with Crippen molar-refractivity contribution < 1.29 is 14.3 Å². The number of carbonyl (C=O) groups excluding carboxylic acids is 1. The van der Waals surface area contributed by atoms with E-state index in [1.165, 1.54) is 24.2 Å². The zero-order chi connectivity index (χ0) is 20.2. The van der Waals surface area contributed by atoms with Crippen LogP contribution in [-0.4, -0.2) is 43.0 Å². The maximum atomic E-state index is 11.4. The number of hydrogen-bond acceptors (Lipinski definition) is 5. The molecule has 4 bridgehead atoms. The number of rotatable bonds is 4. The minimum atomic E-state index is -0.612. The van der Waals surface area contributed by atoms with Crippen LogP contribution in [-0.2, 0) is 9.47 Å². The number of ether oxygens (including phenoxy) is 2. The van der Waals surface area contributed by atoms with E-state index in [0.29, 0.717) is 23.8 Å². The molecule has 1 aromatic rings. The van der Waals surface area contributed by atoms with Gasteiger partial charge in [-0.3, -0.25) is 0 Å². The minimum Gasteiger partial charge on any atom is -0.443 e. The highest BCUT2D eigenvalue weighted by Crippen LogP contribution is 2.57. The summed E-state index contributed by atoms with van der Waals surface area (Å²) in [6.07, 6.45) is 5.28. The third-order valence-corrected chi connectivity index (χ3v) is 7.52. The Morgan fingerprint density at radius 2 is 1.72 bits per heavy atom. The highest BCUT2D eigenvalue weighted by atomic mass is 16.6. The second-order valence-electron chi connectivity index (χ2n) is 9.95. The van der Waals surface area contributed by atoms with Crippen LogP contribution in [0.4, 0.5) is 16.2 Å². The van der Waals surface area contributed by atoms with Crippen LogP contribution in [0.1, 0.15) is 46.0 Å².